The van der Waals surface area contributed by atoms with E-state index in [1.165, 1.54) is 6.07 Å². The van der Waals surface area contributed by atoms with Gasteiger partial charge in [0, 0.05) is 0 Å². The van der Waals surface area contributed by atoms with E-state index in [1.54, 1.807) is 6.07 Å². The van der Waals surface area contributed by atoms with Gasteiger partial charge in [0.2, 0.25) is 0 Å². The Hall–Kier alpha value is -1.75. The Kier molecular flexibility index (Phi) is 1.82. The first-order chi connectivity index (χ1) is 6.59. The number of nitrogens with one attached hydrogen (secondary N) is 2. The largest absolute Gasteiger partial charge is 0.478 e. The number of carbonyl (C=O) groups is 1. The fraction of sp³-hybridized carbons (Fsp3) is 0. The zero-order valence-corrected chi connectivity index (χ0v) is 7.55. The molecule has 0 bridgehead atoms. The minimum absolute atomic E-state index is 0.0949. The highest BCUT2D eigenvalue weighted by Crippen LogP contribution is 2.22. The van der Waals surface area contributed by atoms with Crippen molar-refractivity contribution in [1.29, 1.82) is 0 Å². The maximum atomic E-state index is 10.9. The van der Waals surface area contributed by atoms with E-state index in [1.807, 2.05) is 0 Å². The van der Waals surface area contributed by atoms with Gasteiger partial charge in [-0.3, -0.25) is 0 Å². The first kappa shape index (κ1) is 8.83. The normalized spacial score (nSPS) is 10.6. The quantitative estimate of drug-likeness (QED) is 0.664. The second kappa shape index (κ2) is 2.88. The van der Waals surface area contributed by atoms with Gasteiger partial charge in [-0.25, -0.2) is 9.59 Å². The fourth-order valence-electron chi connectivity index (χ4n) is 1.29. The summed E-state index contributed by atoms with van der Waals surface area (Å²) < 4.78 is 0. The van der Waals surface area contributed by atoms with Gasteiger partial charge in [-0.2, -0.15) is 0 Å². The molecule has 0 aliphatic carbocycles. The summed E-state index contributed by atoms with van der Waals surface area (Å²) in [5, 5.41) is 8.95. The number of fused-ring (bicyclic) bond motifs is 1. The number of hydrogen-bond acceptors (Lipinski definition) is 2. The number of H-pyrrole nitrogens is 2. The molecule has 3 N–H and O–H groups in total. The summed E-state index contributed by atoms with van der Waals surface area (Å²) in [5.41, 5.74) is 0.0964. The van der Waals surface area contributed by atoms with Crippen LogP contribution >= 0.6 is 11.6 Å². The summed E-state index contributed by atoms with van der Waals surface area (Å²) in [5.74, 6) is -1.17. The molecule has 14 heavy (non-hydrogen) atoms. The molecule has 72 valence electrons. The van der Waals surface area contributed by atoms with Gasteiger partial charge in [0.25, 0.3) is 0 Å². The fourth-order valence-corrected chi connectivity index (χ4v) is 1.53. The average molecular weight is 213 g/mol. The van der Waals surface area contributed by atoms with Crippen LogP contribution in [0.15, 0.2) is 16.9 Å². The molecular formula is C8H5ClN2O3. The van der Waals surface area contributed by atoms with Crippen LogP contribution in [0.1, 0.15) is 10.4 Å². The molecule has 6 heteroatoms. The second-order valence-corrected chi connectivity index (χ2v) is 3.14. The van der Waals surface area contributed by atoms with E-state index in [4.69, 9.17) is 16.7 Å². The third-order valence-electron chi connectivity index (χ3n) is 1.86. The minimum atomic E-state index is -1.17. The molecule has 1 aromatic heterocycles. The summed E-state index contributed by atoms with van der Waals surface area (Å²) in [6, 6.07) is 2.97. The summed E-state index contributed by atoms with van der Waals surface area (Å²) >= 11 is 5.69. The van der Waals surface area contributed by atoms with Gasteiger partial charge in [-0.05, 0) is 12.1 Å². The number of rotatable bonds is 1. The highest BCUT2D eigenvalue weighted by molar-refractivity contribution is 6.35. The number of carboxylic acid groups (broad SMARTS) is 1. The van der Waals surface area contributed by atoms with Crippen LogP contribution in [0.4, 0.5) is 0 Å². The summed E-state index contributed by atoms with van der Waals surface area (Å²) in [7, 11) is 0. The molecule has 0 fully saturated rings. The molecule has 2 rings (SSSR count). The summed E-state index contributed by atoms with van der Waals surface area (Å²) in [4.78, 5) is 26.6. The van der Waals surface area contributed by atoms with E-state index in [0.29, 0.717) is 5.52 Å². The van der Waals surface area contributed by atoms with E-state index in [2.05, 4.69) is 9.97 Å². The number of aromatic amines is 2. The van der Waals surface area contributed by atoms with Crippen LogP contribution in [0.2, 0.25) is 5.02 Å². The molecule has 1 aromatic carbocycles. The molecular weight excluding hydrogens is 208 g/mol. The highest BCUT2D eigenvalue weighted by atomic mass is 35.5. The van der Waals surface area contributed by atoms with Crippen molar-refractivity contribution in [2.75, 3.05) is 0 Å². The van der Waals surface area contributed by atoms with Crippen molar-refractivity contribution in [3.63, 3.8) is 0 Å². The predicted octanol–water partition coefficient (Wildman–Crippen LogP) is 1.21. The molecule has 2 aromatic rings. The Morgan fingerprint density at radius 2 is 2.07 bits per heavy atom. The van der Waals surface area contributed by atoms with Crippen LogP contribution in [0, 0.1) is 0 Å². The maximum absolute atomic E-state index is 10.9. The third-order valence-corrected chi connectivity index (χ3v) is 2.17. The molecule has 0 radical (unpaired) electrons. The first-order valence-corrected chi connectivity index (χ1v) is 4.11. The molecule has 0 aliphatic rings. The lowest BCUT2D eigenvalue weighted by Gasteiger charge is -1.98. The minimum Gasteiger partial charge on any atom is -0.478 e. The van der Waals surface area contributed by atoms with E-state index < -0.39 is 11.7 Å². The van der Waals surface area contributed by atoms with Crippen LogP contribution in [-0.2, 0) is 0 Å². The van der Waals surface area contributed by atoms with Gasteiger partial charge in [0.1, 0.15) is 5.56 Å². The van der Waals surface area contributed by atoms with Crippen molar-refractivity contribution in [3.05, 3.63) is 33.2 Å². The van der Waals surface area contributed by atoms with E-state index >= 15 is 0 Å². The zero-order valence-electron chi connectivity index (χ0n) is 6.80. The molecule has 1 heterocycles. The lowest BCUT2D eigenvalue weighted by Crippen LogP contribution is -2.01. The molecule has 0 amide bonds. The Labute approximate surface area is 82.3 Å². The Balaban J connectivity index is 2.95. The van der Waals surface area contributed by atoms with Crippen LogP contribution in [-0.4, -0.2) is 21.0 Å². The van der Waals surface area contributed by atoms with Crippen molar-refractivity contribution < 1.29 is 9.90 Å². The maximum Gasteiger partial charge on any atom is 0.339 e. The Morgan fingerprint density at radius 1 is 1.36 bits per heavy atom. The highest BCUT2D eigenvalue weighted by Gasteiger charge is 2.14. The SMILES string of the molecule is O=C(O)c1c(Cl)ccc2[nH]c(=O)[nH]c12. The second-order valence-electron chi connectivity index (χ2n) is 2.73. The van der Waals surface area contributed by atoms with Gasteiger partial charge in [0.15, 0.2) is 0 Å². The van der Waals surface area contributed by atoms with Crippen LogP contribution in [0.5, 0.6) is 0 Å². The summed E-state index contributed by atoms with van der Waals surface area (Å²) in [6.07, 6.45) is 0. The third kappa shape index (κ3) is 1.18. The van der Waals surface area contributed by atoms with Gasteiger partial charge in [-0.1, -0.05) is 11.6 Å². The monoisotopic (exact) mass is 212 g/mol. The lowest BCUT2D eigenvalue weighted by atomic mass is 10.2. The molecule has 0 spiro atoms. The smallest absolute Gasteiger partial charge is 0.339 e. The van der Waals surface area contributed by atoms with Crippen LogP contribution in [0.25, 0.3) is 11.0 Å². The topological polar surface area (TPSA) is 85.9 Å². The average Bonchev–Trinajstić information content (AvgIpc) is 2.43. The summed E-state index contributed by atoms with van der Waals surface area (Å²) in [6.45, 7) is 0. The Morgan fingerprint density at radius 3 is 2.71 bits per heavy atom. The molecule has 0 saturated carbocycles. The first-order valence-electron chi connectivity index (χ1n) is 3.73. The number of halogens is 1. The van der Waals surface area contributed by atoms with Gasteiger partial charge < -0.3 is 15.1 Å². The molecule has 0 aliphatic heterocycles. The van der Waals surface area contributed by atoms with Crippen molar-refractivity contribution in [3.8, 4) is 0 Å². The standard InChI is InChI=1S/C8H5ClN2O3/c9-3-1-2-4-6(5(3)7(12)13)11-8(14)10-4/h1-2H,(H,12,13)(H2,10,11,14). The number of aromatic nitrogens is 2. The number of aromatic carboxylic acids is 1. The van der Waals surface area contributed by atoms with Crippen molar-refractivity contribution in [1.82, 2.24) is 9.97 Å². The number of imidazole rings is 1. The molecule has 0 atom stereocenters. The van der Waals surface area contributed by atoms with E-state index in [0.717, 1.165) is 0 Å². The predicted molar refractivity (Wildman–Crippen MR) is 50.9 cm³/mol. The van der Waals surface area contributed by atoms with Crippen molar-refractivity contribution >= 4 is 28.6 Å². The molecule has 0 saturated heterocycles. The Bertz CT molecular complexity index is 569. The van der Waals surface area contributed by atoms with Crippen LogP contribution < -0.4 is 5.69 Å². The number of carboxylic acids is 1. The number of benzene rings is 1. The molecule has 0 unspecified atom stereocenters. The van der Waals surface area contributed by atoms with Crippen molar-refractivity contribution in [2.45, 2.75) is 0 Å². The van der Waals surface area contributed by atoms with Crippen LogP contribution in [0.3, 0.4) is 0 Å². The van der Waals surface area contributed by atoms with Gasteiger partial charge >= 0.3 is 11.7 Å². The van der Waals surface area contributed by atoms with E-state index in [9.17, 15) is 9.59 Å². The lowest BCUT2D eigenvalue weighted by molar-refractivity contribution is 0.0699. The molecule has 5 nitrogen and oxygen atoms in total. The number of hydrogen-bond donors (Lipinski definition) is 3. The van der Waals surface area contributed by atoms with E-state index in [-0.39, 0.29) is 16.1 Å². The van der Waals surface area contributed by atoms with Crippen molar-refractivity contribution in [2.24, 2.45) is 0 Å². The van der Waals surface area contributed by atoms with Gasteiger partial charge in [-0.15, -0.1) is 0 Å². The van der Waals surface area contributed by atoms with Gasteiger partial charge in [0.05, 0.1) is 16.1 Å². The zero-order chi connectivity index (χ0) is 10.3.